The van der Waals surface area contributed by atoms with Gasteiger partial charge in [0.2, 0.25) is 5.91 Å². The summed E-state index contributed by atoms with van der Waals surface area (Å²) in [6.07, 6.45) is 6.80. The number of benzene rings is 1. The number of carbonyl (C=O) groups excluding carboxylic acids is 2. The van der Waals surface area contributed by atoms with Crippen LogP contribution in [0.1, 0.15) is 55.8 Å². The lowest BCUT2D eigenvalue weighted by Crippen LogP contribution is -2.56. The van der Waals surface area contributed by atoms with E-state index in [0.717, 1.165) is 15.4 Å². The number of halogens is 1. The van der Waals surface area contributed by atoms with Crippen LogP contribution < -0.4 is 10.7 Å². The molecule has 27 heavy (non-hydrogen) atoms. The SMILES string of the molecule is CC(CC(=O)NC1C2CC3CC(C2)CC1C3)=NNC(=O)c1cccc(I)c1. The second-order valence-electron chi connectivity index (χ2n) is 8.50. The topological polar surface area (TPSA) is 70.6 Å². The van der Waals surface area contributed by atoms with Crippen molar-refractivity contribution in [1.82, 2.24) is 10.7 Å². The summed E-state index contributed by atoms with van der Waals surface area (Å²) >= 11 is 2.17. The summed E-state index contributed by atoms with van der Waals surface area (Å²) in [5, 5.41) is 7.39. The van der Waals surface area contributed by atoms with Gasteiger partial charge < -0.3 is 5.32 Å². The van der Waals surface area contributed by atoms with Crippen LogP contribution in [0.2, 0.25) is 0 Å². The molecule has 4 fully saturated rings. The number of nitrogens with one attached hydrogen (secondary N) is 2. The Kier molecular flexibility index (Phi) is 5.53. The van der Waals surface area contributed by atoms with Crippen LogP contribution in [0.15, 0.2) is 29.4 Å². The Morgan fingerprint density at radius 1 is 1.11 bits per heavy atom. The van der Waals surface area contributed by atoms with Crippen molar-refractivity contribution in [2.24, 2.45) is 28.8 Å². The molecule has 0 aliphatic heterocycles. The van der Waals surface area contributed by atoms with E-state index in [-0.39, 0.29) is 18.2 Å². The van der Waals surface area contributed by atoms with Crippen molar-refractivity contribution in [3.63, 3.8) is 0 Å². The van der Waals surface area contributed by atoms with Crippen molar-refractivity contribution in [3.8, 4) is 0 Å². The van der Waals surface area contributed by atoms with Crippen molar-refractivity contribution in [2.45, 2.75) is 51.5 Å². The highest BCUT2D eigenvalue weighted by Gasteiger charge is 2.48. The van der Waals surface area contributed by atoms with Gasteiger partial charge in [-0.1, -0.05) is 6.07 Å². The number of hydrazone groups is 1. The lowest BCUT2D eigenvalue weighted by molar-refractivity contribution is -0.123. The van der Waals surface area contributed by atoms with Gasteiger partial charge in [-0.05, 0) is 103 Å². The molecule has 6 heteroatoms. The first-order chi connectivity index (χ1) is 13.0. The summed E-state index contributed by atoms with van der Waals surface area (Å²) in [6.45, 7) is 1.78. The van der Waals surface area contributed by atoms with Gasteiger partial charge in [-0.3, -0.25) is 9.59 Å². The Morgan fingerprint density at radius 2 is 1.78 bits per heavy atom. The van der Waals surface area contributed by atoms with E-state index in [4.69, 9.17) is 0 Å². The van der Waals surface area contributed by atoms with Crippen molar-refractivity contribution >= 4 is 40.1 Å². The van der Waals surface area contributed by atoms with Gasteiger partial charge in [0.1, 0.15) is 0 Å². The molecule has 4 saturated carbocycles. The number of hydrogen-bond acceptors (Lipinski definition) is 3. The van der Waals surface area contributed by atoms with Gasteiger partial charge in [-0.15, -0.1) is 0 Å². The minimum atomic E-state index is -0.255. The molecule has 4 bridgehead atoms. The largest absolute Gasteiger partial charge is 0.352 e. The van der Waals surface area contributed by atoms with Gasteiger partial charge in [0.25, 0.3) is 5.91 Å². The fourth-order valence-corrected chi connectivity index (χ4v) is 6.05. The zero-order valence-corrected chi connectivity index (χ0v) is 17.7. The van der Waals surface area contributed by atoms with E-state index in [1.165, 1.54) is 32.1 Å². The second kappa shape index (κ2) is 7.89. The van der Waals surface area contributed by atoms with E-state index in [9.17, 15) is 9.59 Å². The Bertz CT molecular complexity index is 748. The maximum Gasteiger partial charge on any atom is 0.271 e. The van der Waals surface area contributed by atoms with Crippen LogP contribution in [-0.2, 0) is 4.79 Å². The normalized spacial score (nSPS) is 31.6. The number of hydrogen-bond donors (Lipinski definition) is 2. The third kappa shape index (κ3) is 4.36. The van der Waals surface area contributed by atoms with Crippen LogP contribution in [0, 0.1) is 27.2 Å². The van der Waals surface area contributed by atoms with Gasteiger partial charge in [0.15, 0.2) is 0 Å². The van der Waals surface area contributed by atoms with Gasteiger partial charge in [-0.2, -0.15) is 5.10 Å². The third-order valence-corrected chi connectivity index (χ3v) is 7.08. The summed E-state index contributed by atoms with van der Waals surface area (Å²) in [6, 6.07) is 7.67. The maximum atomic E-state index is 12.5. The van der Waals surface area contributed by atoms with Crippen molar-refractivity contribution in [1.29, 1.82) is 0 Å². The monoisotopic (exact) mass is 479 g/mol. The highest BCUT2D eigenvalue weighted by molar-refractivity contribution is 14.1. The van der Waals surface area contributed by atoms with Crippen molar-refractivity contribution < 1.29 is 9.59 Å². The molecule has 0 atom stereocenters. The number of carbonyl (C=O) groups is 2. The summed E-state index contributed by atoms with van der Waals surface area (Å²) in [5.74, 6) is 2.91. The molecule has 1 aromatic rings. The van der Waals surface area contributed by atoms with Crippen LogP contribution in [0.4, 0.5) is 0 Å². The minimum Gasteiger partial charge on any atom is -0.352 e. The predicted octanol–water partition coefficient (Wildman–Crippen LogP) is 3.73. The van der Waals surface area contributed by atoms with E-state index in [1.54, 1.807) is 19.1 Å². The molecule has 0 saturated heterocycles. The highest BCUT2D eigenvalue weighted by atomic mass is 127. The Hall–Kier alpha value is -1.44. The van der Waals surface area contributed by atoms with Gasteiger partial charge in [0.05, 0.1) is 6.42 Å². The molecule has 144 valence electrons. The highest BCUT2D eigenvalue weighted by Crippen LogP contribution is 2.53. The first-order valence-corrected chi connectivity index (χ1v) is 10.9. The van der Waals surface area contributed by atoms with E-state index in [1.807, 2.05) is 12.1 Å². The van der Waals surface area contributed by atoms with E-state index in [0.29, 0.717) is 29.2 Å². The molecule has 5 nitrogen and oxygen atoms in total. The fraction of sp³-hybridized carbons (Fsp3) is 0.571. The van der Waals surface area contributed by atoms with Crippen molar-refractivity contribution in [2.75, 3.05) is 0 Å². The Labute approximate surface area is 173 Å². The van der Waals surface area contributed by atoms with Gasteiger partial charge in [0, 0.05) is 20.9 Å². The van der Waals surface area contributed by atoms with Gasteiger partial charge >= 0.3 is 0 Å². The van der Waals surface area contributed by atoms with Gasteiger partial charge in [-0.25, -0.2) is 5.43 Å². The molecule has 0 heterocycles. The fourth-order valence-electron chi connectivity index (χ4n) is 5.51. The van der Waals surface area contributed by atoms with Crippen LogP contribution in [-0.4, -0.2) is 23.6 Å². The first-order valence-electron chi connectivity index (χ1n) is 9.86. The average molecular weight is 479 g/mol. The summed E-state index contributed by atoms with van der Waals surface area (Å²) < 4.78 is 0.996. The lowest BCUT2D eigenvalue weighted by Gasteiger charge is -2.54. The van der Waals surface area contributed by atoms with E-state index in [2.05, 4.69) is 38.4 Å². The molecule has 0 spiro atoms. The Morgan fingerprint density at radius 3 is 2.41 bits per heavy atom. The smallest absolute Gasteiger partial charge is 0.271 e. The third-order valence-electron chi connectivity index (χ3n) is 6.41. The molecule has 0 radical (unpaired) electrons. The average Bonchev–Trinajstić information content (AvgIpc) is 2.62. The lowest BCUT2D eigenvalue weighted by atomic mass is 9.54. The summed E-state index contributed by atoms with van der Waals surface area (Å²) in [5.41, 5.74) is 3.74. The van der Waals surface area contributed by atoms with Crippen LogP contribution in [0.5, 0.6) is 0 Å². The van der Waals surface area contributed by atoms with Crippen LogP contribution >= 0.6 is 22.6 Å². The van der Waals surface area contributed by atoms with Crippen molar-refractivity contribution in [3.05, 3.63) is 33.4 Å². The molecule has 0 unspecified atom stereocenters. The minimum absolute atomic E-state index is 0.0252. The maximum absolute atomic E-state index is 12.5. The molecule has 2 amide bonds. The second-order valence-corrected chi connectivity index (χ2v) is 9.74. The quantitative estimate of drug-likeness (QED) is 0.384. The number of rotatable bonds is 5. The zero-order valence-electron chi connectivity index (χ0n) is 15.6. The summed E-state index contributed by atoms with van der Waals surface area (Å²) in [7, 11) is 0. The predicted molar refractivity (Wildman–Crippen MR) is 113 cm³/mol. The van der Waals surface area contributed by atoms with E-state index >= 15 is 0 Å². The van der Waals surface area contributed by atoms with Crippen LogP contribution in [0.25, 0.3) is 0 Å². The molecule has 0 aromatic heterocycles. The molecule has 4 aliphatic rings. The van der Waals surface area contributed by atoms with Crippen LogP contribution in [0.3, 0.4) is 0 Å². The number of nitrogens with zero attached hydrogens (tertiary/aromatic N) is 1. The van der Waals surface area contributed by atoms with E-state index < -0.39 is 0 Å². The summed E-state index contributed by atoms with van der Waals surface area (Å²) in [4.78, 5) is 24.6. The first kappa shape index (κ1) is 18.9. The number of amides is 2. The molecule has 5 rings (SSSR count). The molecule has 1 aromatic carbocycles. The molecule has 4 aliphatic carbocycles. The zero-order chi connectivity index (χ0) is 19.0. The molecular formula is C21H26IN3O2. The Balaban J connectivity index is 1.29. The molecule has 2 N–H and O–H groups in total. The standard InChI is InChI=1S/C21H26IN3O2/c1-12(24-25-21(27)15-3-2-4-18(22)11-15)5-19(26)23-20-16-7-13-6-14(9-16)10-17(20)8-13/h2-4,11,13-14,16-17,20H,5-10H2,1H3,(H,23,26)(H,25,27). The molecular weight excluding hydrogens is 453 g/mol.